The van der Waals surface area contributed by atoms with Crippen molar-refractivity contribution in [3.05, 3.63) is 35.0 Å². The molecule has 1 aromatic carbocycles. The zero-order valence-electron chi connectivity index (χ0n) is 22.0. The van der Waals surface area contributed by atoms with Crippen molar-refractivity contribution in [3.63, 3.8) is 0 Å². The van der Waals surface area contributed by atoms with Crippen molar-refractivity contribution in [2.75, 3.05) is 19.6 Å². The molecule has 1 aliphatic heterocycles. The smallest absolute Gasteiger partial charge is 0.407 e. The number of aromatic nitrogens is 1. The average molecular weight is 565 g/mol. The molecule has 0 atom stereocenters. The first-order valence-electron chi connectivity index (χ1n) is 13.1. The predicted molar refractivity (Wildman–Crippen MR) is 144 cm³/mol. The number of alkyl carbamates (subject to hydrolysis) is 1. The second-order valence-electron chi connectivity index (χ2n) is 10.2. The largest absolute Gasteiger partial charge is 0.447 e. The Morgan fingerprint density at radius 1 is 1.21 bits per heavy atom. The van der Waals surface area contributed by atoms with Crippen LogP contribution in [0, 0.1) is 0 Å². The summed E-state index contributed by atoms with van der Waals surface area (Å²) < 4.78 is 34.0. The number of amides is 2. The summed E-state index contributed by atoms with van der Waals surface area (Å²) in [4.78, 5) is 31.5. The molecule has 38 heavy (non-hydrogen) atoms. The van der Waals surface area contributed by atoms with Gasteiger partial charge in [-0.1, -0.05) is 19.1 Å². The minimum Gasteiger partial charge on any atom is -0.447 e. The van der Waals surface area contributed by atoms with E-state index in [9.17, 15) is 23.1 Å². The van der Waals surface area contributed by atoms with Gasteiger partial charge in [-0.3, -0.25) is 4.79 Å². The minimum absolute atomic E-state index is 0.0670. The van der Waals surface area contributed by atoms with Gasteiger partial charge in [-0.15, -0.1) is 11.3 Å². The number of aliphatic hydroxyl groups excluding tert-OH is 1. The number of hydrogen-bond acceptors (Lipinski definition) is 8. The Labute approximate surface area is 227 Å². The van der Waals surface area contributed by atoms with E-state index >= 15 is 0 Å². The quantitative estimate of drug-likeness (QED) is 0.426. The number of sulfonamides is 1. The molecule has 0 radical (unpaired) electrons. The van der Waals surface area contributed by atoms with Crippen LogP contribution in [-0.4, -0.2) is 73.3 Å². The van der Waals surface area contributed by atoms with Gasteiger partial charge in [0.1, 0.15) is 0 Å². The fourth-order valence-corrected chi connectivity index (χ4v) is 7.32. The molecular formula is C26H36N4O6S2. The van der Waals surface area contributed by atoms with E-state index in [4.69, 9.17) is 4.74 Å². The molecule has 1 saturated carbocycles. The highest BCUT2D eigenvalue weighted by Gasteiger charge is 2.30. The number of β-amino-alcohol motifs (C(OH)–C–C–N with tert-alkyl or cyclic N) is 1. The van der Waals surface area contributed by atoms with Crippen molar-refractivity contribution in [1.82, 2.24) is 19.9 Å². The van der Waals surface area contributed by atoms with Crippen molar-refractivity contribution in [2.24, 2.45) is 0 Å². The maximum Gasteiger partial charge on any atom is 0.407 e. The van der Waals surface area contributed by atoms with Crippen LogP contribution >= 0.6 is 11.3 Å². The van der Waals surface area contributed by atoms with Gasteiger partial charge in [0, 0.05) is 43.4 Å². The van der Waals surface area contributed by atoms with E-state index < -0.39 is 16.1 Å². The molecule has 2 fully saturated rings. The molecule has 10 nitrogen and oxygen atoms in total. The van der Waals surface area contributed by atoms with Crippen molar-refractivity contribution in [3.8, 4) is 10.4 Å². The van der Waals surface area contributed by atoms with E-state index in [0.717, 1.165) is 35.6 Å². The van der Waals surface area contributed by atoms with E-state index in [-0.39, 0.29) is 47.9 Å². The standard InChI is InChI=1S/C26H36N4O6S2/c1-4-28-38(34,35)23-11-17(12-24(32)30-14-20(31)15-30)5-10-21(23)22-13-27-25(37-22)18-6-8-19(9-7-18)29-26(33)36-16(2)3/h5,10-11,13,16,18-20,28,31H,4,6-9,12,14-15H2,1-3H3,(H,29,33). The van der Waals surface area contributed by atoms with Gasteiger partial charge >= 0.3 is 6.09 Å². The zero-order chi connectivity index (χ0) is 27.4. The molecule has 2 heterocycles. The summed E-state index contributed by atoms with van der Waals surface area (Å²) in [5.41, 5.74) is 1.15. The fourth-order valence-electron chi connectivity index (χ4n) is 4.82. The van der Waals surface area contributed by atoms with Crippen molar-refractivity contribution in [2.45, 2.75) is 81.9 Å². The molecule has 0 bridgehead atoms. The first kappa shape index (κ1) is 28.5. The van der Waals surface area contributed by atoms with E-state index in [1.165, 1.54) is 11.3 Å². The number of likely N-dealkylation sites (tertiary alicyclic amines) is 1. The maximum atomic E-state index is 13.1. The molecule has 208 valence electrons. The second kappa shape index (κ2) is 12.1. The lowest BCUT2D eigenvalue weighted by Gasteiger charge is -2.36. The highest BCUT2D eigenvalue weighted by Crippen LogP contribution is 2.39. The zero-order valence-corrected chi connectivity index (χ0v) is 23.6. The molecule has 0 unspecified atom stereocenters. The summed E-state index contributed by atoms with van der Waals surface area (Å²) in [6.45, 7) is 6.22. The number of thiazole rings is 1. The van der Waals surface area contributed by atoms with Crippen molar-refractivity contribution in [1.29, 1.82) is 0 Å². The molecular weight excluding hydrogens is 528 g/mol. The number of nitrogens with zero attached hydrogens (tertiary/aromatic N) is 2. The first-order chi connectivity index (χ1) is 18.1. The van der Waals surface area contributed by atoms with E-state index in [1.54, 1.807) is 36.2 Å². The molecule has 1 aliphatic carbocycles. The van der Waals surface area contributed by atoms with Crippen LogP contribution in [0.2, 0.25) is 0 Å². The molecule has 12 heteroatoms. The first-order valence-corrected chi connectivity index (χ1v) is 15.4. The summed E-state index contributed by atoms with van der Waals surface area (Å²) >= 11 is 1.48. The van der Waals surface area contributed by atoms with Crippen LogP contribution in [0.5, 0.6) is 0 Å². The van der Waals surface area contributed by atoms with Crippen LogP contribution in [0.3, 0.4) is 0 Å². The Balaban J connectivity index is 1.48. The molecule has 3 N–H and O–H groups in total. The number of carbonyl (C=O) groups excluding carboxylic acids is 2. The number of carbonyl (C=O) groups is 2. The third-order valence-electron chi connectivity index (χ3n) is 6.77. The van der Waals surface area contributed by atoms with Gasteiger partial charge < -0.3 is 20.1 Å². The molecule has 2 aliphatic rings. The van der Waals surface area contributed by atoms with E-state index in [2.05, 4.69) is 15.0 Å². The minimum atomic E-state index is -3.80. The highest BCUT2D eigenvalue weighted by molar-refractivity contribution is 7.89. The maximum absolute atomic E-state index is 13.1. The number of nitrogens with one attached hydrogen (secondary N) is 2. The van der Waals surface area contributed by atoms with Gasteiger partial charge in [-0.25, -0.2) is 22.9 Å². The van der Waals surface area contributed by atoms with Crippen molar-refractivity contribution >= 4 is 33.4 Å². The van der Waals surface area contributed by atoms with Gasteiger partial charge in [-0.05, 0) is 51.2 Å². The monoisotopic (exact) mass is 564 g/mol. The third-order valence-corrected chi connectivity index (χ3v) is 9.55. The molecule has 1 aromatic heterocycles. The third kappa shape index (κ3) is 6.90. The van der Waals surface area contributed by atoms with Gasteiger partial charge in [0.2, 0.25) is 15.9 Å². The summed E-state index contributed by atoms with van der Waals surface area (Å²) in [7, 11) is -3.80. The Hall–Kier alpha value is -2.54. The summed E-state index contributed by atoms with van der Waals surface area (Å²) in [5, 5.41) is 13.4. The van der Waals surface area contributed by atoms with Gasteiger partial charge in [-0.2, -0.15) is 0 Å². The molecule has 1 saturated heterocycles. The van der Waals surface area contributed by atoms with Gasteiger partial charge in [0.15, 0.2) is 0 Å². The van der Waals surface area contributed by atoms with Gasteiger partial charge in [0.25, 0.3) is 0 Å². The van der Waals surface area contributed by atoms with Gasteiger partial charge in [0.05, 0.1) is 33.4 Å². The molecule has 4 rings (SSSR count). The van der Waals surface area contributed by atoms with Crippen LogP contribution in [0.4, 0.5) is 4.79 Å². The number of rotatable bonds is 9. The highest BCUT2D eigenvalue weighted by atomic mass is 32.2. The normalized spacial score (nSPS) is 20.3. The Kier molecular flexibility index (Phi) is 9.07. The van der Waals surface area contributed by atoms with Crippen LogP contribution in [0.1, 0.15) is 62.9 Å². The number of ether oxygens (including phenoxy) is 1. The summed E-state index contributed by atoms with van der Waals surface area (Å²) in [5.74, 6) is 0.100. The lowest BCUT2D eigenvalue weighted by Crippen LogP contribution is -2.53. The Bertz CT molecular complexity index is 1250. The SMILES string of the molecule is CCNS(=O)(=O)c1cc(CC(=O)N2CC(O)C2)ccc1-c1cnc(C2CCC(NC(=O)OC(C)C)CC2)s1. The number of aliphatic hydroxyl groups is 1. The van der Waals surface area contributed by atoms with Crippen LogP contribution in [0.25, 0.3) is 10.4 Å². The number of benzene rings is 1. The van der Waals surface area contributed by atoms with Crippen LogP contribution in [-0.2, 0) is 26.0 Å². The fraction of sp³-hybridized carbons (Fsp3) is 0.577. The Morgan fingerprint density at radius 2 is 1.92 bits per heavy atom. The second-order valence-corrected chi connectivity index (χ2v) is 13.0. The molecule has 0 spiro atoms. The summed E-state index contributed by atoms with van der Waals surface area (Å²) in [6.07, 6.45) is 4.14. The number of hydrogen-bond donors (Lipinski definition) is 3. The lowest BCUT2D eigenvalue weighted by molar-refractivity contribution is -0.140. The molecule has 2 amide bonds. The molecule has 2 aromatic rings. The average Bonchev–Trinajstić information content (AvgIpc) is 3.32. The van der Waals surface area contributed by atoms with Crippen molar-refractivity contribution < 1.29 is 27.9 Å². The van der Waals surface area contributed by atoms with Crippen LogP contribution in [0.15, 0.2) is 29.3 Å². The topological polar surface area (TPSA) is 138 Å². The predicted octanol–water partition coefficient (Wildman–Crippen LogP) is 3.01. The Morgan fingerprint density at radius 3 is 2.55 bits per heavy atom. The summed E-state index contributed by atoms with van der Waals surface area (Å²) in [6, 6.07) is 5.16. The van der Waals surface area contributed by atoms with Crippen LogP contribution < -0.4 is 10.0 Å². The van der Waals surface area contributed by atoms with E-state index in [0.29, 0.717) is 24.2 Å². The van der Waals surface area contributed by atoms with E-state index in [1.807, 2.05) is 13.8 Å². The lowest BCUT2D eigenvalue weighted by atomic mass is 9.86.